The minimum absolute atomic E-state index is 0.128. The van der Waals surface area contributed by atoms with Crippen molar-refractivity contribution in [2.75, 3.05) is 18.9 Å². The maximum atomic E-state index is 11.9. The summed E-state index contributed by atoms with van der Waals surface area (Å²) < 4.78 is 11.6. The molecular formula is C22H24N4O3S. The summed E-state index contributed by atoms with van der Waals surface area (Å²) in [5.41, 5.74) is 10.7. The molecule has 0 bridgehead atoms. The van der Waals surface area contributed by atoms with E-state index in [9.17, 15) is 4.79 Å². The van der Waals surface area contributed by atoms with Crippen LogP contribution < -0.4 is 20.6 Å². The van der Waals surface area contributed by atoms with Crippen molar-refractivity contribution < 1.29 is 14.3 Å². The van der Waals surface area contributed by atoms with Crippen LogP contribution in [0.1, 0.15) is 23.7 Å². The van der Waals surface area contributed by atoms with E-state index in [-0.39, 0.29) is 12.3 Å². The lowest BCUT2D eigenvalue weighted by Crippen LogP contribution is -2.19. The fourth-order valence-corrected chi connectivity index (χ4v) is 3.27. The number of benzene rings is 2. The molecule has 0 saturated carbocycles. The number of aromatic nitrogens is 1. The summed E-state index contributed by atoms with van der Waals surface area (Å²) >= 11 is 1.30. The highest BCUT2D eigenvalue weighted by molar-refractivity contribution is 7.13. The molecule has 1 amide bonds. The third-order valence-electron chi connectivity index (χ3n) is 4.07. The molecule has 3 N–H and O–H groups in total. The van der Waals surface area contributed by atoms with Crippen molar-refractivity contribution in [1.82, 2.24) is 10.4 Å². The number of thiazole rings is 1. The minimum Gasteiger partial charge on any atom is -0.490 e. The largest absolute Gasteiger partial charge is 0.490 e. The van der Waals surface area contributed by atoms with Crippen LogP contribution in [-0.4, -0.2) is 30.3 Å². The molecule has 0 fully saturated rings. The number of ether oxygens (including phenoxy) is 2. The van der Waals surface area contributed by atoms with E-state index in [4.69, 9.17) is 15.2 Å². The van der Waals surface area contributed by atoms with Crippen molar-refractivity contribution in [1.29, 1.82) is 0 Å². The molecule has 3 aromatic rings. The quantitative estimate of drug-likeness (QED) is 0.384. The van der Waals surface area contributed by atoms with Crippen LogP contribution in [0.3, 0.4) is 0 Å². The van der Waals surface area contributed by atoms with Crippen LogP contribution in [0.5, 0.6) is 11.5 Å². The molecule has 8 heteroatoms. The van der Waals surface area contributed by atoms with Gasteiger partial charge in [-0.2, -0.15) is 5.10 Å². The van der Waals surface area contributed by atoms with Crippen LogP contribution in [0.4, 0.5) is 5.13 Å². The first kappa shape index (κ1) is 21.3. The molecule has 1 heterocycles. The number of nitrogen functional groups attached to an aromatic ring is 1. The van der Waals surface area contributed by atoms with E-state index < -0.39 is 0 Å². The standard InChI is InChI=1S/C22H24N4O3S/c1-2-28-20-12-17(14-24-26-21(27)13-18-15-30-22(23)25-18)8-9-19(20)29-11-10-16-6-4-3-5-7-16/h3-9,12,14-15H,2,10-11,13H2,1H3,(H2,23,25)(H,26,27)/b24-14+. The van der Waals surface area contributed by atoms with Gasteiger partial charge in [0, 0.05) is 11.8 Å². The van der Waals surface area contributed by atoms with Gasteiger partial charge in [-0.3, -0.25) is 4.79 Å². The number of hydrogen-bond donors (Lipinski definition) is 2. The molecule has 0 spiro atoms. The lowest BCUT2D eigenvalue weighted by Gasteiger charge is -2.12. The van der Waals surface area contributed by atoms with Crippen LogP contribution in [-0.2, 0) is 17.6 Å². The molecule has 0 saturated heterocycles. The van der Waals surface area contributed by atoms with E-state index in [2.05, 4.69) is 27.6 Å². The Kier molecular flexibility index (Phi) is 7.79. The zero-order chi connectivity index (χ0) is 21.2. The highest BCUT2D eigenvalue weighted by Gasteiger charge is 2.07. The number of carbonyl (C=O) groups is 1. The van der Waals surface area contributed by atoms with Crippen molar-refractivity contribution >= 4 is 28.6 Å². The number of hydrogen-bond acceptors (Lipinski definition) is 7. The highest BCUT2D eigenvalue weighted by Crippen LogP contribution is 2.28. The Morgan fingerprint density at radius 1 is 1.20 bits per heavy atom. The fourth-order valence-electron chi connectivity index (χ4n) is 2.70. The topological polar surface area (TPSA) is 98.8 Å². The van der Waals surface area contributed by atoms with Crippen LogP contribution >= 0.6 is 11.3 Å². The van der Waals surface area contributed by atoms with Crippen molar-refractivity contribution in [3.8, 4) is 11.5 Å². The van der Waals surface area contributed by atoms with Gasteiger partial charge in [0.1, 0.15) is 0 Å². The predicted molar refractivity (Wildman–Crippen MR) is 119 cm³/mol. The molecule has 2 aromatic carbocycles. The summed E-state index contributed by atoms with van der Waals surface area (Å²) in [5, 5.41) is 6.19. The molecule has 0 aliphatic rings. The number of carbonyl (C=O) groups excluding carboxylic acids is 1. The Labute approximate surface area is 179 Å². The predicted octanol–water partition coefficient (Wildman–Crippen LogP) is 3.44. The Hall–Kier alpha value is -3.39. The summed E-state index contributed by atoms with van der Waals surface area (Å²) in [7, 11) is 0. The summed E-state index contributed by atoms with van der Waals surface area (Å²) in [6.45, 7) is 2.98. The Bertz CT molecular complexity index is 989. The van der Waals surface area contributed by atoms with Gasteiger partial charge >= 0.3 is 0 Å². The van der Waals surface area contributed by atoms with Crippen molar-refractivity contribution in [3.63, 3.8) is 0 Å². The second-order valence-corrected chi connectivity index (χ2v) is 7.26. The minimum atomic E-state index is -0.262. The average molecular weight is 425 g/mol. The summed E-state index contributed by atoms with van der Waals surface area (Å²) in [4.78, 5) is 16.0. The molecule has 0 atom stereocenters. The number of nitrogens with zero attached hydrogens (tertiary/aromatic N) is 2. The second kappa shape index (κ2) is 11.0. The number of amides is 1. The number of nitrogens with one attached hydrogen (secondary N) is 1. The Morgan fingerprint density at radius 3 is 2.77 bits per heavy atom. The number of hydrazone groups is 1. The van der Waals surface area contributed by atoms with Crippen molar-refractivity contribution in [2.45, 2.75) is 19.8 Å². The SMILES string of the molecule is CCOc1cc(/C=N/NC(=O)Cc2csc(N)n2)ccc1OCCc1ccccc1. The first-order chi connectivity index (χ1) is 14.6. The number of nitrogens with two attached hydrogens (primary N) is 1. The molecule has 30 heavy (non-hydrogen) atoms. The van der Waals surface area contributed by atoms with Gasteiger partial charge in [-0.15, -0.1) is 11.3 Å². The van der Waals surface area contributed by atoms with Gasteiger partial charge < -0.3 is 15.2 Å². The maximum Gasteiger partial charge on any atom is 0.246 e. The van der Waals surface area contributed by atoms with Crippen LogP contribution in [0.25, 0.3) is 0 Å². The van der Waals surface area contributed by atoms with E-state index in [1.165, 1.54) is 16.9 Å². The summed E-state index contributed by atoms with van der Waals surface area (Å²) in [5.74, 6) is 1.05. The lowest BCUT2D eigenvalue weighted by molar-refractivity contribution is -0.120. The Morgan fingerprint density at radius 2 is 2.03 bits per heavy atom. The van der Waals surface area contributed by atoms with E-state index in [1.807, 2.05) is 43.3 Å². The van der Waals surface area contributed by atoms with E-state index >= 15 is 0 Å². The molecule has 0 unspecified atom stereocenters. The fraction of sp³-hybridized carbons (Fsp3) is 0.227. The van der Waals surface area contributed by atoms with E-state index in [1.54, 1.807) is 11.6 Å². The average Bonchev–Trinajstić information content (AvgIpc) is 3.15. The lowest BCUT2D eigenvalue weighted by atomic mass is 10.2. The monoisotopic (exact) mass is 424 g/mol. The first-order valence-corrected chi connectivity index (χ1v) is 10.5. The van der Waals surface area contributed by atoms with Crippen LogP contribution in [0, 0.1) is 0 Å². The third-order valence-corrected chi connectivity index (χ3v) is 4.80. The van der Waals surface area contributed by atoms with Crippen molar-refractivity contribution in [3.05, 3.63) is 70.7 Å². The molecular weight excluding hydrogens is 400 g/mol. The molecule has 0 aliphatic heterocycles. The molecule has 156 valence electrons. The van der Waals surface area contributed by atoms with Gasteiger partial charge in [0.15, 0.2) is 16.6 Å². The maximum absolute atomic E-state index is 11.9. The van der Waals surface area contributed by atoms with Gasteiger partial charge in [-0.1, -0.05) is 30.3 Å². The van der Waals surface area contributed by atoms with Crippen LogP contribution in [0.2, 0.25) is 0 Å². The van der Waals surface area contributed by atoms with Crippen LogP contribution in [0.15, 0.2) is 59.0 Å². The summed E-state index contributed by atoms with van der Waals surface area (Å²) in [6, 6.07) is 15.7. The van der Waals surface area contributed by atoms with Gasteiger partial charge in [0.2, 0.25) is 5.91 Å². The van der Waals surface area contributed by atoms with Gasteiger partial charge in [0.05, 0.1) is 31.5 Å². The number of anilines is 1. The molecule has 7 nitrogen and oxygen atoms in total. The third kappa shape index (κ3) is 6.59. The van der Waals surface area contributed by atoms with E-state index in [0.29, 0.717) is 35.5 Å². The normalized spacial score (nSPS) is 10.8. The van der Waals surface area contributed by atoms with Gasteiger partial charge in [-0.25, -0.2) is 10.4 Å². The molecule has 0 aliphatic carbocycles. The molecule has 0 radical (unpaired) electrons. The first-order valence-electron chi connectivity index (χ1n) is 9.59. The van der Waals surface area contributed by atoms with Gasteiger partial charge in [0.25, 0.3) is 0 Å². The number of rotatable bonds is 10. The smallest absolute Gasteiger partial charge is 0.246 e. The molecule has 3 rings (SSSR count). The van der Waals surface area contributed by atoms with Gasteiger partial charge in [-0.05, 0) is 36.2 Å². The van der Waals surface area contributed by atoms with Crippen molar-refractivity contribution in [2.24, 2.45) is 5.10 Å². The van der Waals surface area contributed by atoms with E-state index in [0.717, 1.165) is 12.0 Å². The Balaban J connectivity index is 1.55. The zero-order valence-electron chi connectivity index (χ0n) is 16.7. The summed E-state index contributed by atoms with van der Waals surface area (Å²) in [6.07, 6.45) is 2.50. The second-order valence-electron chi connectivity index (χ2n) is 6.37. The highest BCUT2D eigenvalue weighted by atomic mass is 32.1. The molecule has 1 aromatic heterocycles. The zero-order valence-corrected chi connectivity index (χ0v) is 17.5.